The number of aromatic nitrogens is 6. The molecule has 0 aliphatic heterocycles. The molecule has 0 radical (unpaired) electrons. The van der Waals surface area contributed by atoms with Gasteiger partial charge in [-0.15, -0.1) is 41.9 Å². The minimum absolute atomic E-state index is 0. The molecular weight excluding hydrogens is 931 g/mol. The number of H-pyrrole nitrogens is 1. The van der Waals surface area contributed by atoms with Gasteiger partial charge >= 0.3 is 69.4 Å². The molecule has 0 aliphatic rings. The van der Waals surface area contributed by atoms with Crippen molar-refractivity contribution in [3.63, 3.8) is 0 Å². The number of nitriles is 1. The zero-order chi connectivity index (χ0) is 43.7. The molecule has 0 saturated carbocycles. The first-order valence-corrected chi connectivity index (χ1v) is 22.7. The molecule has 316 valence electrons. The third-order valence-electron chi connectivity index (χ3n) is 6.70. The van der Waals surface area contributed by atoms with Crippen molar-refractivity contribution in [3.8, 4) is 6.26 Å². The average Bonchev–Trinajstić information content (AvgIpc) is 3.95. The SMILES string of the molecule is CCOC(=O)c1csc(CC)c1S(=O)(=O)Cl.CCOC(=O)c1csc(CC)c1S(=O)(=O)NC(=O)n1nc(CC)n(OC)c1=S.CCc1n[nH]c(=S)n1OC.N#C[O-].[K+]. The monoisotopic (exact) mass is 970 g/mol. The first kappa shape index (κ1) is 55.2. The second kappa shape index (κ2) is 26.5. The number of rotatable bonds is 13. The summed E-state index contributed by atoms with van der Waals surface area (Å²) in [6, 6.07) is -1.08. The smallest absolute Gasteiger partial charge is 0.812 e. The number of thiophene rings is 2. The molecule has 0 aliphatic carbocycles. The Kier molecular flexibility index (Phi) is 25.2. The van der Waals surface area contributed by atoms with E-state index in [0.29, 0.717) is 45.9 Å². The molecule has 4 aromatic rings. The Labute approximate surface area is 400 Å². The van der Waals surface area contributed by atoms with E-state index in [9.17, 15) is 31.2 Å². The molecule has 0 aromatic carbocycles. The number of nitrogens with one attached hydrogen (secondary N) is 2. The maximum absolute atomic E-state index is 12.9. The minimum Gasteiger partial charge on any atom is -0.812 e. The van der Waals surface area contributed by atoms with Gasteiger partial charge in [0.05, 0.1) is 24.3 Å². The van der Waals surface area contributed by atoms with Crippen LogP contribution < -0.4 is 70.9 Å². The summed E-state index contributed by atoms with van der Waals surface area (Å²) in [7, 11) is -0.0848. The van der Waals surface area contributed by atoms with Gasteiger partial charge in [-0.05, 0) is 51.1 Å². The van der Waals surface area contributed by atoms with E-state index in [1.807, 2.05) is 11.6 Å². The maximum Gasteiger partial charge on any atom is 1.00 e. The van der Waals surface area contributed by atoms with Crippen molar-refractivity contribution in [2.75, 3.05) is 27.4 Å². The second-order valence-corrected chi connectivity index (χ2v) is 16.9. The number of amides is 1. The van der Waals surface area contributed by atoms with E-state index < -0.39 is 37.0 Å². The fourth-order valence-corrected chi connectivity index (χ4v) is 10.5. The van der Waals surface area contributed by atoms with Crippen molar-refractivity contribution in [2.45, 2.75) is 77.0 Å². The molecule has 58 heavy (non-hydrogen) atoms. The number of carbonyl (C=O) groups is 3. The van der Waals surface area contributed by atoms with Crippen molar-refractivity contribution < 1.29 is 107 Å². The molecule has 0 fully saturated rings. The van der Waals surface area contributed by atoms with Crippen molar-refractivity contribution in [3.05, 3.63) is 52.8 Å². The molecule has 28 heteroatoms. The summed E-state index contributed by atoms with van der Waals surface area (Å²) in [6.07, 6.45) is 2.57. The van der Waals surface area contributed by atoms with Crippen molar-refractivity contribution in [1.29, 1.82) is 5.26 Å². The van der Waals surface area contributed by atoms with Crippen LogP contribution in [0, 0.1) is 21.1 Å². The van der Waals surface area contributed by atoms with Crippen LogP contribution in [0.4, 0.5) is 4.79 Å². The summed E-state index contributed by atoms with van der Waals surface area (Å²) < 4.78 is 63.8. The summed E-state index contributed by atoms with van der Waals surface area (Å²) >= 11 is 12.3. The number of carbonyl (C=O) groups excluding carboxylic acids is 3. The minimum atomic E-state index is -4.38. The predicted molar refractivity (Wildman–Crippen MR) is 211 cm³/mol. The van der Waals surface area contributed by atoms with Crippen molar-refractivity contribution in [1.82, 2.24) is 34.2 Å². The predicted octanol–water partition coefficient (Wildman–Crippen LogP) is 0.590. The van der Waals surface area contributed by atoms with Crippen LogP contribution in [0.2, 0.25) is 0 Å². The molecule has 0 spiro atoms. The summed E-state index contributed by atoms with van der Waals surface area (Å²) in [5, 5.41) is 28.4. The number of esters is 2. The van der Waals surface area contributed by atoms with Gasteiger partial charge < -0.3 is 24.3 Å². The van der Waals surface area contributed by atoms with E-state index in [-0.39, 0.29) is 90.3 Å². The van der Waals surface area contributed by atoms with Gasteiger partial charge in [-0.25, -0.2) is 46.3 Å². The molecule has 2 N–H and O–H groups in total. The number of nitrogens with zero attached hydrogens (tertiary/aromatic N) is 6. The van der Waals surface area contributed by atoms with Gasteiger partial charge in [-0.3, -0.25) is 0 Å². The molecule has 0 unspecified atom stereocenters. The molecule has 4 aromatic heterocycles. The van der Waals surface area contributed by atoms with Crippen LogP contribution in [-0.4, -0.2) is 91.7 Å². The van der Waals surface area contributed by atoms with Crippen LogP contribution >= 0.6 is 57.8 Å². The van der Waals surface area contributed by atoms with Crippen LogP contribution in [0.3, 0.4) is 0 Å². The van der Waals surface area contributed by atoms with Gasteiger partial charge in [0.1, 0.15) is 24.0 Å². The standard InChI is InChI=1S/C15H20N4O6S3.C9H11ClO4S2.C5H9N3OS.CHNO.K/c1-5-10-12(9(8-27-10)13(20)25-7-3)28(22,23)17-14(21)18-15(26)19(24-4)11(6-2)16-18;1-3-7-8(16(10,12)13)6(5-15-7)9(11)14-4-2;1-3-4-6-7-5(10)8(4)9-2;2-1-3;/h8H,5-7H2,1-4H3,(H,17,21);5H,3-4H2,1-2H3;3H2,1-2H3,(H,7,10);3H;/q;;;;+1/p-1. The summed E-state index contributed by atoms with van der Waals surface area (Å²) in [4.78, 5) is 46.8. The van der Waals surface area contributed by atoms with Crippen LogP contribution in [0.15, 0.2) is 20.6 Å². The number of ether oxygens (including phenoxy) is 2. The van der Waals surface area contributed by atoms with E-state index >= 15 is 0 Å². The van der Waals surface area contributed by atoms with Gasteiger partial charge in [0.2, 0.25) is 9.54 Å². The van der Waals surface area contributed by atoms with Crippen LogP contribution in [0.5, 0.6) is 0 Å². The molecule has 0 saturated heterocycles. The Bertz CT molecular complexity index is 2380. The molecule has 4 rings (SSSR count). The molecule has 20 nitrogen and oxygen atoms in total. The summed E-state index contributed by atoms with van der Waals surface area (Å²) in [6.45, 7) is 10.8. The Morgan fingerprint density at radius 1 is 0.862 bits per heavy atom. The van der Waals surface area contributed by atoms with E-state index in [1.165, 1.54) is 33.9 Å². The molecule has 0 bridgehead atoms. The van der Waals surface area contributed by atoms with Crippen molar-refractivity contribution in [2.24, 2.45) is 0 Å². The fraction of sp³-hybridized carbons (Fsp3) is 0.467. The van der Waals surface area contributed by atoms with Gasteiger partial charge in [-0.1, -0.05) is 27.7 Å². The first-order valence-electron chi connectivity index (χ1n) is 16.4. The zero-order valence-electron chi connectivity index (χ0n) is 32.8. The maximum atomic E-state index is 12.9. The van der Waals surface area contributed by atoms with E-state index in [4.69, 9.17) is 64.6 Å². The topological polar surface area (TPSA) is 272 Å². The van der Waals surface area contributed by atoms with Crippen LogP contribution in [0.1, 0.15) is 83.7 Å². The molecule has 0 atom stereocenters. The largest absolute Gasteiger partial charge is 1.00 e. The number of hydrogen-bond acceptors (Lipinski definition) is 19. The number of aryl methyl sites for hydroxylation is 4. The molecule has 4 heterocycles. The van der Waals surface area contributed by atoms with Crippen LogP contribution in [-0.2, 0) is 54.2 Å². The van der Waals surface area contributed by atoms with E-state index in [1.54, 1.807) is 41.7 Å². The molecular formula is C30H40ClKN8O12S6. The van der Waals surface area contributed by atoms with Gasteiger partial charge in [0.25, 0.3) is 19.1 Å². The Balaban J connectivity index is 0.000000908. The van der Waals surface area contributed by atoms with E-state index in [2.05, 4.69) is 15.3 Å². The molecule has 1 amide bonds. The summed E-state index contributed by atoms with van der Waals surface area (Å²) in [5.41, 5.74) is -0.0945. The number of sulfonamides is 1. The number of aromatic amines is 1. The third kappa shape index (κ3) is 14.8. The van der Waals surface area contributed by atoms with Crippen molar-refractivity contribution >= 4 is 94.8 Å². The zero-order valence-corrected chi connectivity index (χ0v) is 41.6. The Morgan fingerprint density at radius 3 is 1.67 bits per heavy atom. The fourth-order valence-electron chi connectivity index (χ4n) is 4.39. The normalized spacial score (nSPS) is 10.4. The van der Waals surface area contributed by atoms with Gasteiger partial charge in [0.15, 0.2) is 11.6 Å². The quantitative estimate of drug-likeness (QED) is 0.0610. The third-order valence-corrected chi connectivity index (χ3v) is 12.7. The first-order chi connectivity index (χ1) is 26.8. The second-order valence-electron chi connectivity index (χ2n) is 10.1. The summed E-state index contributed by atoms with van der Waals surface area (Å²) in [5.74, 6) is -0.276. The number of halogens is 1. The van der Waals surface area contributed by atoms with E-state index in [0.717, 1.165) is 33.0 Å². The average molecular weight is 972 g/mol. The Morgan fingerprint density at radius 2 is 1.31 bits per heavy atom. The van der Waals surface area contributed by atoms with Gasteiger partial charge in [0, 0.05) is 50.3 Å². The van der Waals surface area contributed by atoms with Crippen LogP contribution in [0.25, 0.3) is 0 Å². The Hall–Kier alpha value is -2.75. The number of hydrogen-bond donors (Lipinski definition) is 2. The van der Waals surface area contributed by atoms with Gasteiger partial charge in [-0.2, -0.15) is 5.10 Å².